The zero-order valence-corrected chi connectivity index (χ0v) is 9.82. The van der Waals surface area contributed by atoms with Crippen LogP contribution in [0.15, 0.2) is 29.4 Å². The van der Waals surface area contributed by atoms with Crippen LogP contribution in [-0.2, 0) is 0 Å². The summed E-state index contributed by atoms with van der Waals surface area (Å²) in [5, 5.41) is 9.90. The van der Waals surface area contributed by atoms with E-state index in [9.17, 15) is 5.11 Å². The fraction of sp³-hybridized carbons (Fsp3) is 0.100. The van der Waals surface area contributed by atoms with Crippen LogP contribution in [0.4, 0.5) is 0 Å². The molecule has 0 radical (unpaired) electrons. The third-order valence-corrected chi connectivity index (χ3v) is 2.61. The Balaban J connectivity index is 2.51. The summed E-state index contributed by atoms with van der Waals surface area (Å²) in [6.07, 6.45) is 1.86. The molecule has 16 heavy (non-hydrogen) atoms. The number of hydrogen-bond acceptors (Lipinski definition) is 5. The van der Waals surface area contributed by atoms with Crippen LogP contribution in [0.3, 0.4) is 0 Å². The Morgan fingerprint density at radius 3 is 2.75 bits per heavy atom. The molecule has 80 valence electrons. The fourth-order valence-electron chi connectivity index (χ4n) is 1.35. The number of benzene rings is 1. The lowest BCUT2D eigenvalue weighted by atomic mass is 9.94. The van der Waals surface area contributed by atoms with E-state index in [0.29, 0.717) is 11.0 Å². The van der Waals surface area contributed by atoms with Gasteiger partial charge >= 0.3 is 6.01 Å². The van der Waals surface area contributed by atoms with E-state index in [4.69, 9.17) is 0 Å². The molecule has 1 N–H and O–H groups in total. The zero-order chi connectivity index (χ0) is 11.5. The normalized spacial score (nSPS) is 10.3. The molecule has 0 saturated heterocycles. The summed E-state index contributed by atoms with van der Waals surface area (Å²) in [5.74, 6) is 0.501. The molecule has 0 spiro atoms. The van der Waals surface area contributed by atoms with E-state index < -0.39 is 0 Å². The average Bonchev–Trinajstić information content (AvgIpc) is 2.28. The summed E-state index contributed by atoms with van der Waals surface area (Å²) in [4.78, 5) is 12.0. The van der Waals surface area contributed by atoms with Gasteiger partial charge in [-0.25, -0.2) is 4.98 Å². The molecule has 1 heterocycles. The molecule has 0 amide bonds. The highest BCUT2D eigenvalue weighted by molar-refractivity contribution is 7.98. The minimum Gasteiger partial charge on any atom is -0.479 e. The van der Waals surface area contributed by atoms with E-state index in [1.807, 2.05) is 38.4 Å². The molecular weight excluding hydrogens is 221 g/mol. The third-order valence-electron chi connectivity index (χ3n) is 2.06. The van der Waals surface area contributed by atoms with Crippen LogP contribution in [0, 0.1) is 0 Å². The van der Waals surface area contributed by atoms with Gasteiger partial charge in [0.1, 0.15) is 7.85 Å². The highest BCUT2D eigenvalue weighted by Crippen LogP contribution is 2.18. The van der Waals surface area contributed by atoms with Gasteiger partial charge in [-0.1, -0.05) is 41.5 Å². The van der Waals surface area contributed by atoms with Crippen molar-refractivity contribution in [3.63, 3.8) is 0 Å². The van der Waals surface area contributed by atoms with Crippen LogP contribution < -0.4 is 5.46 Å². The topological polar surface area (TPSA) is 58.9 Å². The first-order valence-corrected chi connectivity index (χ1v) is 5.97. The Kier molecular flexibility index (Phi) is 3.10. The summed E-state index contributed by atoms with van der Waals surface area (Å²) in [5.41, 5.74) is 2.01. The van der Waals surface area contributed by atoms with Crippen LogP contribution in [0.25, 0.3) is 11.4 Å². The quantitative estimate of drug-likeness (QED) is 0.592. The lowest BCUT2D eigenvalue weighted by Crippen LogP contribution is -2.02. The third kappa shape index (κ3) is 2.33. The molecule has 6 heteroatoms. The molecule has 1 aromatic heterocycles. The van der Waals surface area contributed by atoms with Gasteiger partial charge in [-0.2, -0.15) is 9.97 Å². The number of aromatic hydroxyl groups is 1. The van der Waals surface area contributed by atoms with Crippen LogP contribution in [0.2, 0.25) is 0 Å². The van der Waals surface area contributed by atoms with Gasteiger partial charge in [0.25, 0.3) is 0 Å². The van der Waals surface area contributed by atoms with Gasteiger partial charge in [-0.15, -0.1) is 0 Å². The number of hydrogen-bond donors (Lipinski definition) is 1. The second-order valence-electron chi connectivity index (χ2n) is 3.32. The predicted molar refractivity (Wildman–Crippen MR) is 66.9 cm³/mol. The first kappa shape index (κ1) is 10.9. The average molecular weight is 231 g/mol. The second-order valence-corrected chi connectivity index (χ2v) is 4.09. The summed E-state index contributed by atoms with van der Waals surface area (Å²) >= 11 is 1.37. The van der Waals surface area contributed by atoms with Crippen molar-refractivity contribution in [2.75, 3.05) is 6.26 Å². The molecule has 0 aliphatic rings. The second kappa shape index (κ2) is 4.53. The minimum atomic E-state index is -0.240. The largest absolute Gasteiger partial charge is 0.479 e. The van der Waals surface area contributed by atoms with Gasteiger partial charge in [0.05, 0.1) is 0 Å². The van der Waals surface area contributed by atoms with Crippen molar-refractivity contribution < 1.29 is 5.11 Å². The summed E-state index contributed by atoms with van der Waals surface area (Å²) in [6.45, 7) is 0. The van der Waals surface area contributed by atoms with Gasteiger partial charge in [-0.05, 0) is 6.26 Å². The lowest BCUT2D eigenvalue weighted by molar-refractivity contribution is 0.421. The monoisotopic (exact) mass is 231 g/mol. The van der Waals surface area contributed by atoms with Crippen molar-refractivity contribution >= 4 is 25.1 Å². The van der Waals surface area contributed by atoms with Gasteiger partial charge in [0.2, 0.25) is 0 Å². The molecule has 0 unspecified atom stereocenters. The maximum Gasteiger partial charge on any atom is 0.318 e. The predicted octanol–water partition coefficient (Wildman–Crippen LogP) is 0.224. The van der Waals surface area contributed by atoms with Crippen molar-refractivity contribution in [1.29, 1.82) is 0 Å². The molecule has 0 bridgehead atoms. The summed E-state index contributed by atoms with van der Waals surface area (Å²) in [7, 11) is 2.00. The van der Waals surface area contributed by atoms with E-state index in [1.54, 1.807) is 0 Å². The van der Waals surface area contributed by atoms with Crippen LogP contribution >= 0.6 is 11.8 Å². The molecule has 1 aromatic carbocycles. The molecule has 0 fully saturated rings. The molecule has 2 rings (SSSR count). The van der Waals surface area contributed by atoms with Crippen molar-refractivity contribution in [3.05, 3.63) is 24.3 Å². The molecule has 0 aliphatic carbocycles. The summed E-state index contributed by atoms with van der Waals surface area (Å²) < 4.78 is 0. The molecule has 0 aliphatic heterocycles. The maximum absolute atomic E-state index is 9.38. The van der Waals surface area contributed by atoms with E-state index >= 15 is 0 Å². The molecule has 0 atom stereocenters. The number of thioether (sulfide) groups is 1. The SMILES string of the molecule is Bc1cccc(-c2nc(O)nc(SC)n2)c1. The first-order valence-electron chi connectivity index (χ1n) is 4.75. The number of nitrogens with zero attached hydrogens (tertiary/aromatic N) is 3. The van der Waals surface area contributed by atoms with Gasteiger partial charge < -0.3 is 5.11 Å². The standard InChI is InChI=1S/C10H10BN3OS/c1-16-10-13-8(12-9(15)14-10)6-3-2-4-7(11)5-6/h2-5H,11H2,1H3,(H,12,13,14,15). The smallest absolute Gasteiger partial charge is 0.318 e. The Labute approximate surface area is 98.6 Å². The van der Waals surface area contributed by atoms with E-state index in [-0.39, 0.29) is 6.01 Å². The van der Waals surface area contributed by atoms with Crippen LogP contribution in [0.1, 0.15) is 0 Å². The number of rotatable bonds is 2. The van der Waals surface area contributed by atoms with Crippen molar-refractivity contribution in [2.24, 2.45) is 0 Å². The Bertz CT molecular complexity index is 521. The molecule has 2 aromatic rings. The fourth-order valence-corrected chi connectivity index (χ4v) is 1.70. The van der Waals surface area contributed by atoms with Crippen molar-refractivity contribution in [1.82, 2.24) is 15.0 Å². The van der Waals surface area contributed by atoms with Crippen molar-refractivity contribution in [2.45, 2.75) is 5.16 Å². The minimum absolute atomic E-state index is 0.240. The Hall–Kier alpha value is -1.56. The van der Waals surface area contributed by atoms with E-state index in [0.717, 1.165) is 11.0 Å². The van der Waals surface area contributed by atoms with Crippen molar-refractivity contribution in [3.8, 4) is 17.4 Å². The van der Waals surface area contributed by atoms with Crippen LogP contribution in [0.5, 0.6) is 6.01 Å². The maximum atomic E-state index is 9.38. The highest BCUT2D eigenvalue weighted by Gasteiger charge is 2.06. The lowest BCUT2D eigenvalue weighted by Gasteiger charge is -2.03. The molecular formula is C10H10BN3OS. The number of aromatic nitrogens is 3. The van der Waals surface area contributed by atoms with E-state index in [2.05, 4.69) is 15.0 Å². The first-order chi connectivity index (χ1) is 7.69. The zero-order valence-electron chi connectivity index (χ0n) is 9.01. The van der Waals surface area contributed by atoms with E-state index in [1.165, 1.54) is 11.8 Å². The van der Waals surface area contributed by atoms with Gasteiger partial charge in [-0.3, -0.25) is 0 Å². The Morgan fingerprint density at radius 2 is 2.06 bits per heavy atom. The highest BCUT2D eigenvalue weighted by atomic mass is 32.2. The van der Waals surface area contributed by atoms with Crippen LogP contribution in [-0.4, -0.2) is 34.2 Å². The summed E-state index contributed by atoms with van der Waals surface area (Å²) in [6, 6.07) is 7.57. The molecule has 4 nitrogen and oxygen atoms in total. The van der Waals surface area contributed by atoms with Gasteiger partial charge in [0, 0.05) is 5.56 Å². The van der Waals surface area contributed by atoms with Gasteiger partial charge in [0.15, 0.2) is 11.0 Å². The Morgan fingerprint density at radius 1 is 1.25 bits per heavy atom. The molecule has 0 saturated carbocycles.